The van der Waals surface area contributed by atoms with Gasteiger partial charge < -0.3 is 5.32 Å². The van der Waals surface area contributed by atoms with Crippen molar-refractivity contribution >= 4 is 0 Å². The van der Waals surface area contributed by atoms with Crippen LogP contribution in [0.15, 0.2) is 0 Å². The Hall–Kier alpha value is -0.0800. The topological polar surface area (TPSA) is 15.3 Å². The van der Waals surface area contributed by atoms with Gasteiger partial charge in [-0.15, -0.1) is 0 Å². The van der Waals surface area contributed by atoms with Crippen LogP contribution < -0.4 is 5.32 Å². The average Bonchev–Trinajstić information content (AvgIpc) is 2.23. The summed E-state index contributed by atoms with van der Waals surface area (Å²) in [4.78, 5) is 2.81. The molecule has 0 spiro atoms. The number of hydrogen-bond donors (Lipinski definition) is 1. The SMILES string of the molecule is CC1CNCCCN(C2CCCCC2(C)C)C1. The predicted octanol–water partition coefficient (Wildman–Crippen LogP) is 2.89. The minimum Gasteiger partial charge on any atom is -0.316 e. The van der Waals surface area contributed by atoms with Gasteiger partial charge in [-0.05, 0) is 50.2 Å². The van der Waals surface area contributed by atoms with Gasteiger partial charge in [-0.1, -0.05) is 33.6 Å². The molecular weight excluding hydrogens is 208 g/mol. The zero-order valence-corrected chi connectivity index (χ0v) is 12.0. The monoisotopic (exact) mass is 238 g/mol. The maximum atomic E-state index is 3.55. The van der Waals surface area contributed by atoms with Crippen LogP contribution in [0.25, 0.3) is 0 Å². The molecule has 2 aliphatic rings. The summed E-state index contributed by atoms with van der Waals surface area (Å²) < 4.78 is 0. The fraction of sp³-hybridized carbons (Fsp3) is 1.00. The number of hydrogen-bond acceptors (Lipinski definition) is 2. The van der Waals surface area contributed by atoms with E-state index < -0.39 is 0 Å². The van der Waals surface area contributed by atoms with Crippen molar-refractivity contribution in [2.75, 3.05) is 26.2 Å². The van der Waals surface area contributed by atoms with Crippen LogP contribution in [-0.2, 0) is 0 Å². The molecule has 0 aromatic rings. The smallest absolute Gasteiger partial charge is 0.0146 e. The first kappa shape index (κ1) is 13.4. The molecule has 0 radical (unpaired) electrons. The molecular formula is C15H30N2. The van der Waals surface area contributed by atoms with Gasteiger partial charge in [0.05, 0.1) is 0 Å². The third-order valence-corrected chi connectivity index (χ3v) is 4.73. The zero-order chi connectivity index (χ0) is 12.3. The predicted molar refractivity (Wildman–Crippen MR) is 74.3 cm³/mol. The lowest BCUT2D eigenvalue weighted by Crippen LogP contribution is -2.51. The quantitative estimate of drug-likeness (QED) is 0.755. The number of nitrogens with zero attached hydrogens (tertiary/aromatic N) is 1. The molecule has 0 bridgehead atoms. The van der Waals surface area contributed by atoms with E-state index in [0.29, 0.717) is 5.41 Å². The van der Waals surface area contributed by atoms with E-state index in [1.54, 1.807) is 0 Å². The highest BCUT2D eigenvalue weighted by atomic mass is 15.2. The summed E-state index contributed by atoms with van der Waals surface area (Å²) in [5, 5.41) is 3.55. The molecule has 1 N–H and O–H groups in total. The van der Waals surface area contributed by atoms with Crippen molar-refractivity contribution in [3.8, 4) is 0 Å². The lowest BCUT2D eigenvalue weighted by molar-refractivity contribution is 0.0350. The van der Waals surface area contributed by atoms with Gasteiger partial charge in [0.1, 0.15) is 0 Å². The molecule has 2 unspecified atom stereocenters. The van der Waals surface area contributed by atoms with Crippen LogP contribution in [0.5, 0.6) is 0 Å². The van der Waals surface area contributed by atoms with Gasteiger partial charge in [0.2, 0.25) is 0 Å². The second-order valence-electron chi connectivity index (χ2n) is 6.91. The van der Waals surface area contributed by atoms with Gasteiger partial charge in [0.25, 0.3) is 0 Å². The summed E-state index contributed by atoms with van der Waals surface area (Å²) in [5.41, 5.74) is 0.532. The Balaban J connectivity index is 2.01. The third-order valence-electron chi connectivity index (χ3n) is 4.73. The summed E-state index contributed by atoms with van der Waals surface area (Å²) in [6.07, 6.45) is 7.04. The van der Waals surface area contributed by atoms with E-state index in [-0.39, 0.29) is 0 Å². The van der Waals surface area contributed by atoms with Crippen LogP contribution in [0.1, 0.15) is 52.9 Å². The van der Waals surface area contributed by atoms with E-state index >= 15 is 0 Å². The zero-order valence-electron chi connectivity index (χ0n) is 12.0. The van der Waals surface area contributed by atoms with Crippen LogP contribution in [0.3, 0.4) is 0 Å². The van der Waals surface area contributed by atoms with Gasteiger partial charge in [0.15, 0.2) is 0 Å². The van der Waals surface area contributed by atoms with E-state index in [1.807, 2.05) is 0 Å². The maximum absolute atomic E-state index is 3.55. The Bertz CT molecular complexity index is 237. The Morgan fingerprint density at radius 1 is 1.18 bits per heavy atom. The summed E-state index contributed by atoms with van der Waals surface area (Å²) in [7, 11) is 0. The summed E-state index contributed by atoms with van der Waals surface area (Å²) in [6, 6.07) is 0.830. The molecule has 2 nitrogen and oxygen atoms in total. The van der Waals surface area contributed by atoms with Crippen LogP contribution in [0.2, 0.25) is 0 Å². The number of nitrogens with one attached hydrogen (secondary N) is 1. The second kappa shape index (κ2) is 5.71. The van der Waals surface area contributed by atoms with Crippen molar-refractivity contribution in [2.24, 2.45) is 11.3 Å². The van der Waals surface area contributed by atoms with Crippen molar-refractivity contribution in [3.63, 3.8) is 0 Å². The molecule has 0 amide bonds. The minimum absolute atomic E-state index is 0.532. The van der Waals surface area contributed by atoms with E-state index in [9.17, 15) is 0 Å². The van der Waals surface area contributed by atoms with Crippen molar-refractivity contribution in [2.45, 2.75) is 58.9 Å². The Morgan fingerprint density at radius 2 is 2.00 bits per heavy atom. The molecule has 2 rings (SSSR count). The molecule has 2 heteroatoms. The van der Waals surface area contributed by atoms with Gasteiger partial charge >= 0.3 is 0 Å². The van der Waals surface area contributed by atoms with E-state index in [2.05, 4.69) is 31.0 Å². The van der Waals surface area contributed by atoms with Crippen LogP contribution in [-0.4, -0.2) is 37.1 Å². The van der Waals surface area contributed by atoms with Crippen LogP contribution in [0.4, 0.5) is 0 Å². The van der Waals surface area contributed by atoms with E-state index in [1.165, 1.54) is 58.3 Å². The molecule has 2 fully saturated rings. The standard InChI is InChI=1S/C15H30N2/c1-13-11-16-9-6-10-17(12-13)14-7-4-5-8-15(14,2)3/h13-14,16H,4-12H2,1-3H3. The molecule has 1 heterocycles. The molecule has 1 saturated heterocycles. The maximum Gasteiger partial charge on any atom is 0.0146 e. The van der Waals surface area contributed by atoms with Gasteiger partial charge in [-0.2, -0.15) is 0 Å². The fourth-order valence-electron chi connectivity index (χ4n) is 3.75. The lowest BCUT2D eigenvalue weighted by atomic mass is 9.72. The Morgan fingerprint density at radius 3 is 2.76 bits per heavy atom. The first-order valence-electron chi connectivity index (χ1n) is 7.54. The summed E-state index contributed by atoms with van der Waals surface area (Å²) in [5.74, 6) is 0.799. The average molecular weight is 238 g/mol. The van der Waals surface area contributed by atoms with Gasteiger partial charge in [0, 0.05) is 12.6 Å². The fourth-order valence-corrected chi connectivity index (χ4v) is 3.75. The molecule has 0 aromatic heterocycles. The van der Waals surface area contributed by atoms with E-state index in [0.717, 1.165) is 12.0 Å². The van der Waals surface area contributed by atoms with Crippen molar-refractivity contribution in [3.05, 3.63) is 0 Å². The first-order valence-corrected chi connectivity index (χ1v) is 7.54. The van der Waals surface area contributed by atoms with Gasteiger partial charge in [-0.3, -0.25) is 4.90 Å². The molecule has 100 valence electrons. The molecule has 0 aromatic carbocycles. The molecule has 1 aliphatic carbocycles. The highest BCUT2D eigenvalue weighted by molar-refractivity contribution is 4.90. The molecule has 17 heavy (non-hydrogen) atoms. The Labute approximate surface area is 107 Å². The highest BCUT2D eigenvalue weighted by Gasteiger charge is 2.36. The van der Waals surface area contributed by atoms with Crippen molar-refractivity contribution in [1.82, 2.24) is 10.2 Å². The van der Waals surface area contributed by atoms with Crippen molar-refractivity contribution in [1.29, 1.82) is 0 Å². The second-order valence-corrected chi connectivity index (χ2v) is 6.91. The largest absolute Gasteiger partial charge is 0.316 e. The third kappa shape index (κ3) is 3.45. The molecule has 2 atom stereocenters. The lowest BCUT2D eigenvalue weighted by Gasteiger charge is -2.47. The highest BCUT2D eigenvalue weighted by Crippen LogP contribution is 2.39. The molecule has 1 saturated carbocycles. The van der Waals surface area contributed by atoms with Crippen LogP contribution in [0, 0.1) is 11.3 Å². The Kier molecular flexibility index (Phi) is 4.48. The molecule has 1 aliphatic heterocycles. The first-order chi connectivity index (χ1) is 8.09. The summed E-state index contributed by atoms with van der Waals surface area (Å²) >= 11 is 0. The number of rotatable bonds is 1. The van der Waals surface area contributed by atoms with Crippen molar-refractivity contribution < 1.29 is 0 Å². The van der Waals surface area contributed by atoms with E-state index in [4.69, 9.17) is 0 Å². The minimum atomic E-state index is 0.532. The van der Waals surface area contributed by atoms with Gasteiger partial charge in [-0.25, -0.2) is 0 Å². The summed E-state index contributed by atoms with van der Waals surface area (Å²) in [6.45, 7) is 12.3. The normalized spacial score (nSPS) is 36.2. The van der Waals surface area contributed by atoms with Crippen LogP contribution >= 0.6 is 0 Å².